The minimum atomic E-state index is -4.85. The van der Waals surface area contributed by atoms with E-state index in [-0.39, 0.29) is 11.7 Å². The highest BCUT2D eigenvalue weighted by molar-refractivity contribution is 5.93. The van der Waals surface area contributed by atoms with E-state index in [4.69, 9.17) is 0 Å². The zero-order valence-corrected chi connectivity index (χ0v) is 13.9. The fourth-order valence-corrected chi connectivity index (χ4v) is 2.99. The molecule has 3 rings (SSSR count). The van der Waals surface area contributed by atoms with E-state index in [0.29, 0.717) is 24.2 Å². The lowest BCUT2D eigenvalue weighted by Crippen LogP contribution is -2.47. The Balaban J connectivity index is 1.99. The molecule has 6 nitrogen and oxygen atoms in total. The average Bonchev–Trinajstić information content (AvgIpc) is 3.07. The zero-order valence-electron chi connectivity index (χ0n) is 13.9. The number of likely N-dealkylation sites (tertiary alicyclic amines) is 1. The molecular formula is C16H17F4N5O. The molecule has 0 bridgehead atoms. The van der Waals surface area contributed by atoms with E-state index in [2.05, 4.69) is 15.6 Å². The van der Waals surface area contributed by atoms with Crippen LogP contribution in [0.2, 0.25) is 0 Å². The van der Waals surface area contributed by atoms with Crippen molar-refractivity contribution < 1.29 is 22.4 Å². The molecule has 0 spiro atoms. The van der Waals surface area contributed by atoms with E-state index in [1.54, 1.807) is 7.05 Å². The van der Waals surface area contributed by atoms with Crippen LogP contribution < -0.4 is 5.32 Å². The molecule has 1 unspecified atom stereocenters. The van der Waals surface area contributed by atoms with Crippen LogP contribution in [0.3, 0.4) is 0 Å². The lowest BCUT2D eigenvalue weighted by molar-refractivity contribution is -0.143. The Morgan fingerprint density at radius 3 is 2.58 bits per heavy atom. The smallest absolute Gasteiger partial charge is 0.336 e. The molecule has 1 atom stereocenters. The summed E-state index contributed by atoms with van der Waals surface area (Å²) >= 11 is 0. The standard InChI is InChI=1S/C16H17F4N5O/c1-21-11-3-2-8-24(9-11)15(26)13-14(16(18,19)20)25(23-22-13)12-6-4-10(17)5-7-12/h4-7,11,21H,2-3,8-9H2,1H3. The molecule has 0 saturated carbocycles. The van der Waals surface area contributed by atoms with Crippen molar-refractivity contribution in [3.05, 3.63) is 41.5 Å². The summed E-state index contributed by atoms with van der Waals surface area (Å²) in [4.78, 5) is 14.0. The van der Waals surface area contributed by atoms with Crippen LogP contribution >= 0.6 is 0 Å². The van der Waals surface area contributed by atoms with Gasteiger partial charge < -0.3 is 10.2 Å². The van der Waals surface area contributed by atoms with Crippen molar-refractivity contribution in [3.63, 3.8) is 0 Å². The van der Waals surface area contributed by atoms with Gasteiger partial charge in [-0.3, -0.25) is 4.79 Å². The summed E-state index contributed by atoms with van der Waals surface area (Å²) in [5.41, 5.74) is -2.05. The third-order valence-electron chi connectivity index (χ3n) is 4.33. The highest BCUT2D eigenvalue weighted by Crippen LogP contribution is 2.33. The van der Waals surface area contributed by atoms with Gasteiger partial charge in [0.05, 0.1) is 5.69 Å². The monoisotopic (exact) mass is 371 g/mol. The Kier molecular flexibility index (Phi) is 4.94. The molecule has 1 aromatic carbocycles. The molecule has 1 saturated heterocycles. The van der Waals surface area contributed by atoms with Crippen molar-refractivity contribution in [1.82, 2.24) is 25.2 Å². The van der Waals surface area contributed by atoms with Crippen LogP contribution in [0.5, 0.6) is 0 Å². The van der Waals surface area contributed by atoms with Crippen LogP contribution in [0, 0.1) is 5.82 Å². The highest BCUT2D eigenvalue weighted by Gasteiger charge is 2.43. The van der Waals surface area contributed by atoms with E-state index in [1.807, 2.05) is 0 Å². The first-order valence-corrected chi connectivity index (χ1v) is 8.06. The number of carbonyl (C=O) groups is 1. The van der Waals surface area contributed by atoms with Gasteiger partial charge in [0.2, 0.25) is 0 Å². The fraction of sp³-hybridized carbons (Fsp3) is 0.438. The largest absolute Gasteiger partial charge is 0.435 e. The second kappa shape index (κ2) is 7.02. The van der Waals surface area contributed by atoms with Crippen molar-refractivity contribution in [2.75, 3.05) is 20.1 Å². The summed E-state index contributed by atoms with van der Waals surface area (Å²) in [5.74, 6) is -1.41. The maximum absolute atomic E-state index is 13.6. The Bertz CT molecular complexity index is 787. The van der Waals surface area contributed by atoms with Gasteiger partial charge in [-0.05, 0) is 44.2 Å². The van der Waals surface area contributed by atoms with Crippen LogP contribution in [-0.2, 0) is 6.18 Å². The number of piperidine rings is 1. The normalized spacial score (nSPS) is 18.2. The number of benzene rings is 1. The first kappa shape index (κ1) is 18.3. The van der Waals surface area contributed by atoms with Gasteiger partial charge in [0.15, 0.2) is 11.4 Å². The van der Waals surface area contributed by atoms with Crippen molar-refractivity contribution in [2.24, 2.45) is 0 Å². The number of halogens is 4. The Morgan fingerprint density at radius 2 is 1.96 bits per heavy atom. The maximum atomic E-state index is 13.6. The summed E-state index contributed by atoms with van der Waals surface area (Å²) in [6, 6.07) is 4.34. The van der Waals surface area contributed by atoms with Crippen molar-refractivity contribution in [2.45, 2.75) is 25.1 Å². The number of carbonyl (C=O) groups excluding carboxylic acids is 1. The quantitative estimate of drug-likeness (QED) is 0.841. The second-order valence-corrected chi connectivity index (χ2v) is 6.05. The van der Waals surface area contributed by atoms with E-state index < -0.39 is 29.3 Å². The number of hydrogen-bond donors (Lipinski definition) is 1. The molecule has 1 aromatic heterocycles. The first-order valence-electron chi connectivity index (χ1n) is 8.06. The maximum Gasteiger partial charge on any atom is 0.435 e. The van der Waals surface area contributed by atoms with Crippen LogP contribution in [0.1, 0.15) is 29.0 Å². The molecule has 1 aliphatic heterocycles. The van der Waals surface area contributed by atoms with Crippen LogP contribution in [-0.4, -0.2) is 52.0 Å². The number of aromatic nitrogens is 3. The molecule has 0 radical (unpaired) electrons. The predicted molar refractivity (Wildman–Crippen MR) is 84.3 cm³/mol. The molecule has 1 aliphatic rings. The van der Waals surface area contributed by atoms with Crippen molar-refractivity contribution in [3.8, 4) is 5.69 Å². The summed E-state index contributed by atoms with van der Waals surface area (Å²) < 4.78 is 54.4. The van der Waals surface area contributed by atoms with E-state index in [9.17, 15) is 22.4 Å². The molecule has 2 heterocycles. The molecule has 2 aromatic rings. The summed E-state index contributed by atoms with van der Waals surface area (Å²) in [7, 11) is 1.74. The Labute approximate surface area is 146 Å². The molecule has 1 amide bonds. The van der Waals surface area contributed by atoms with Crippen molar-refractivity contribution >= 4 is 5.91 Å². The third-order valence-corrected chi connectivity index (χ3v) is 4.33. The minimum Gasteiger partial charge on any atom is -0.336 e. The van der Waals surface area contributed by atoms with Gasteiger partial charge in [0.25, 0.3) is 5.91 Å². The molecule has 10 heteroatoms. The predicted octanol–water partition coefficient (Wildman–Crippen LogP) is 2.25. The average molecular weight is 371 g/mol. The molecular weight excluding hydrogens is 354 g/mol. The topological polar surface area (TPSA) is 63.1 Å². The van der Waals surface area contributed by atoms with Crippen molar-refractivity contribution in [1.29, 1.82) is 0 Å². The third kappa shape index (κ3) is 3.55. The van der Waals surface area contributed by atoms with E-state index in [1.165, 1.54) is 4.90 Å². The Morgan fingerprint density at radius 1 is 1.27 bits per heavy atom. The number of likely N-dealkylation sites (N-methyl/N-ethyl adjacent to an activating group) is 1. The zero-order chi connectivity index (χ0) is 18.9. The number of alkyl halides is 3. The number of hydrogen-bond acceptors (Lipinski definition) is 4. The fourth-order valence-electron chi connectivity index (χ4n) is 2.99. The molecule has 0 aliphatic carbocycles. The van der Waals surface area contributed by atoms with E-state index >= 15 is 0 Å². The highest BCUT2D eigenvalue weighted by atomic mass is 19.4. The van der Waals surface area contributed by atoms with Gasteiger partial charge >= 0.3 is 6.18 Å². The van der Waals surface area contributed by atoms with Gasteiger partial charge in [-0.25, -0.2) is 9.07 Å². The molecule has 140 valence electrons. The van der Waals surface area contributed by atoms with Crippen LogP contribution in [0.4, 0.5) is 17.6 Å². The summed E-state index contributed by atoms with van der Waals surface area (Å²) in [6.07, 6.45) is -3.32. The number of nitrogens with one attached hydrogen (secondary N) is 1. The minimum absolute atomic E-state index is 0.0224. The van der Waals surface area contributed by atoms with Gasteiger partial charge in [0.1, 0.15) is 5.82 Å². The SMILES string of the molecule is CNC1CCCN(C(=O)c2nnn(-c3ccc(F)cc3)c2C(F)(F)F)C1. The van der Waals surface area contributed by atoms with Crippen LogP contribution in [0.25, 0.3) is 5.69 Å². The first-order chi connectivity index (χ1) is 12.3. The van der Waals surface area contributed by atoms with Gasteiger partial charge in [-0.1, -0.05) is 5.21 Å². The molecule has 1 N–H and O–H groups in total. The second-order valence-electron chi connectivity index (χ2n) is 6.05. The van der Waals surface area contributed by atoms with Gasteiger partial charge in [-0.2, -0.15) is 13.2 Å². The van der Waals surface area contributed by atoms with Gasteiger partial charge in [-0.15, -0.1) is 5.10 Å². The number of amides is 1. The number of rotatable bonds is 3. The summed E-state index contributed by atoms with van der Waals surface area (Å²) in [5, 5.41) is 10.0. The molecule has 26 heavy (non-hydrogen) atoms. The van der Waals surface area contributed by atoms with Crippen LogP contribution in [0.15, 0.2) is 24.3 Å². The lowest BCUT2D eigenvalue weighted by Gasteiger charge is -2.32. The number of nitrogens with zero attached hydrogens (tertiary/aromatic N) is 4. The summed E-state index contributed by atoms with van der Waals surface area (Å²) in [6.45, 7) is 0.660. The van der Waals surface area contributed by atoms with E-state index in [0.717, 1.165) is 30.7 Å². The van der Waals surface area contributed by atoms with Gasteiger partial charge in [0, 0.05) is 19.1 Å². The molecule has 1 fully saturated rings. The lowest BCUT2D eigenvalue weighted by atomic mass is 10.1. The Hall–Kier alpha value is -2.49.